The summed E-state index contributed by atoms with van der Waals surface area (Å²) in [4.78, 5) is 16.2. The number of ketones is 1. The molecule has 25 heavy (non-hydrogen) atoms. The third-order valence-corrected chi connectivity index (χ3v) is 4.59. The third kappa shape index (κ3) is 4.23. The quantitative estimate of drug-likeness (QED) is 0.787. The van der Waals surface area contributed by atoms with Gasteiger partial charge in [-0.1, -0.05) is 18.2 Å². The lowest BCUT2D eigenvalue weighted by atomic mass is 10.1. The molecule has 1 aliphatic rings. The van der Waals surface area contributed by atoms with Gasteiger partial charge in [-0.05, 0) is 43.2 Å². The van der Waals surface area contributed by atoms with Crippen molar-refractivity contribution in [1.82, 2.24) is 4.90 Å². The molecule has 0 saturated carbocycles. The first kappa shape index (κ1) is 17.5. The van der Waals surface area contributed by atoms with Gasteiger partial charge in [-0.2, -0.15) is 0 Å². The van der Waals surface area contributed by atoms with Crippen LogP contribution in [0.5, 0.6) is 0 Å². The molecule has 1 heterocycles. The second-order valence-corrected chi connectivity index (χ2v) is 6.43. The highest BCUT2D eigenvalue weighted by atomic mass is 19.1. The number of anilines is 1. The standard InChI is InChI=1S/C20H22F2N2O/c1-15(25)20-18(22)4-2-5-19(20)24-11-3-10-23(12-13-24)14-16-6-8-17(21)9-7-16/h2,4-9H,3,10-14H2,1H3. The Balaban J connectivity index is 1.71. The molecule has 0 bridgehead atoms. The van der Waals surface area contributed by atoms with Gasteiger partial charge < -0.3 is 4.90 Å². The average molecular weight is 344 g/mol. The third-order valence-electron chi connectivity index (χ3n) is 4.59. The van der Waals surface area contributed by atoms with E-state index in [-0.39, 0.29) is 17.2 Å². The summed E-state index contributed by atoms with van der Waals surface area (Å²) in [7, 11) is 0. The van der Waals surface area contributed by atoms with Crippen LogP contribution in [0.3, 0.4) is 0 Å². The van der Waals surface area contributed by atoms with Crippen molar-refractivity contribution in [1.29, 1.82) is 0 Å². The zero-order valence-corrected chi connectivity index (χ0v) is 14.3. The maximum atomic E-state index is 14.1. The maximum Gasteiger partial charge on any atom is 0.164 e. The van der Waals surface area contributed by atoms with E-state index in [9.17, 15) is 13.6 Å². The van der Waals surface area contributed by atoms with Gasteiger partial charge in [0, 0.05) is 32.7 Å². The van der Waals surface area contributed by atoms with Crippen molar-refractivity contribution in [2.24, 2.45) is 0 Å². The Morgan fingerprint density at radius 3 is 2.48 bits per heavy atom. The first-order chi connectivity index (χ1) is 12.0. The minimum Gasteiger partial charge on any atom is -0.370 e. The number of hydrogen-bond donors (Lipinski definition) is 0. The van der Waals surface area contributed by atoms with E-state index in [2.05, 4.69) is 9.80 Å². The molecule has 1 saturated heterocycles. The van der Waals surface area contributed by atoms with Crippen LogP contribution in [0.2, 0.25) is 0 Å². The minimum atomic E-state index is -0.461. The van der Waals surface area contributed by atoms with Crippen molar-refractivity contribution in [3.05, 3.63) is 65.2 Å². The molecule has 1 fully saturated rings. The monoisotopic (exact) mass is 344 g/mol. The topological polar surface area (TPSA) is 23.6 Å². The fourth-order valence-corrected chi connectivity index (χ4v) is 3.34. The van der Waals surface area contributed by atoms with Crippen molar-refractivity contribution >= 4 is 11.5 Å². The Kier molecular flexibility index (Phi) is 5.43. The first-order valence-electron chi connectivity index (χ1n) is 8.56. The molecule has 0 unspecified atom stereocenters. The molecule has 1 aliphatic heterocycles. The zero-order chi connectivity index (χ0) is 17.8. The molecule has 2 aromatic carbocycles. The Labute approximate surface area is 146 Å². The van der Waals surface area contributed by atoms with Gasteiger partial charge in [0.2, 0.25) is 0 Å². The second-order valence-electron chi connectivity index (χ2n) is 6.43. The van der Waals surface area contributed by atoms with E-state index in [1.54, 1.807) is 18.2 Å². The van der Waals surface area contributed by atoms with Crippen molar-refractivity contribution in [3.63, 3.8) is 0 Å². The van der Waals surface area contributed by atoms with Crippen LogP contribution in [0.1, 0.15) is 29.3 Å². The average Bonchev–Trinajstić information content (AvgIpc) is 2.82. The van der Waals surface area contributed by atoms with Crippen LogP contribution in [-0.2, 0) is 6.54 Å². The second kappa shape index (κ2) is 7.74. The lowest BCUT2D eigenvalue weighted by molar-refractivity contribution is 0.101. The van der Waals surface area contributed by atoms with Crippen LogP contribution >= 0.6 is 0 Å². The van der Waals surface area contributed by atoms with Gasteiger partial charge >= 0.3 is 0 Å². The van der Waals surface area contributed by atoms with Crippen LogP contribution in [0, 0.1) is 11.6 Å². The molecule has 5 heteroatoms. The molecule has 0 atom stereocenters. The minimum absolute atomic E-state index is 0.175. The van der Waals surface area contributed by atoms with E-state index in [4.69, 9.17) is 0 Å². The summed E-state index contributed by atoms with van der Waals surface area (Å²) in [6.45, 7) is 5.40. The molecule has 132 valence electrons. The fraction of sp³-hybridized carbons (Fsp3) is 0.350. The van der Waals surface area contributed by atoms with Crippen LogP contribution in [0.4, 0.5) is 14.5 Å². The SMILES string of the molecule is CC(=O)c1c(F)cccc1N1CCCN(Cc2ccc(F)cc2)CC1. The molecular formula is C20H22F2N2O. The van der Waals surface area contributed by atoms with Crippen LogP contribution in [0.15, 0.2) is 42.5 Å². The molecular weight excluding hydrogens is 322 g/mol. The number of carbonyl (C=O) groups is 1. The number of rotatable bonds is 4. The Hall–Kier alpha value is -2.27. The van der Waals surface area contributed by atoms with E-state index in [0.29, 0.717) is 5.69 Å². The van der Waals surface area contributed by atoms with Crippen molar-refractivity contribution in [3.8, 4) is 0 Å². The normalized spacial score (nSPS) is 15.9. The fourth-order valence-electron chi connectivity index (χ4n) is 3.34. The first-order valence-corrected chi connectivity index (χ1v) is 8.56. The molecule has 0 amide bonds. The van der Waals surface area contributed by atoms with Crippen LogP contribution in [-0.4, -0.2) is 36.9 Å². The van der Waals surface area contributed by atoms with Gasteiger partial charge in [-0.15, -0.1) is 0 Å². The number of carbonyl (C=O) groups excluding carboxylic acids is 1. The lowest BCUT2D eigenvalue weighted by Gasteiger charge is -2.25. The molecule has 2 aromatic rings. The van der Waals surface area contributed by atoms with Gasteiger partial charge in [0.15, 0.2) is 5.78 Å². The van der Waals surface area contributed by atoms with Gasteiger partial charge in [-0.25, -0.2) is 8.78 Å². The Morgan fingerprint density at radius 2 is 1.76 bits per heavy atom. The van der Waals surface area contributed by atoms with Gasteiger partial charge in [0.25, 0.3) is 0 Å². The summed E-state index contributed by atoms with van der Waals surface area (Å²) in [5.41, 5.74) is 1.93. The summed E-state index contributed by atoms with van der Waals surface area (Å²) < 4.78 is 27.1. The highest BCUT2D eigenvalue weighted by Crippen LogP contribution is 2.25. The van der Waals surface area contributed by atoms with Crippen molar-refractivity contribution in [2.75, 3.05) is 31.1 Å². The van der Waals surface area contributed by atoms with Gasteiger partial charge in [0.05, 0.1) is 11.3 Å². The van der Waals surface area contributed by atoms with Crippen LogP contribution < -0.4 is 4.90 Å². The number of nitrogens with zero attached hydrogens (tertiary/aromatic N) is 2. The summed E-state index contributed by atoms with van der Waals surface area (Å²) in [5, 5.41) is 0. The Morgan fingerprint density at radius 1 is 1.00 bits per heavy atom. The van der Waals surface area contributed by atoms with E-state index in [1.165, 1.54) is 25.1 Å². The maximum absolute atomic E-state index is 14.1. The predicted octanol–water partition coefficient (Wildman–Crippen LogP) is 3.88. The van der Waals surface area contributed by atoms with Crippen molar-refractivity contribution < 1.29 is 13.6 Å². The lowest BCUT2D eigenvalue weighted by Crippen LogP contribution is -2.31. The molecule has 0 aromatic heterocycles. The zero-order valence-electron chi connectivity index (χ0n) is 14.3. The van der Waals surface area contributed by atoms with Crippen molar-refractivity contribution in [2.45, 2.75) is 19.9 Å². The van der Waals surface area contributed by atoms with Gasteiger partial charge in [-0.3, -0.25) is 9.69 Å². The molecule has 0 N–H and O–H groups in total. The van der Waals surface area contributed by atoms with E-state index >= 15 is 0 Å². The van der Waals surface area contributed by atoms with Gasteiger partial charge in [0.1, 0.15) is 11.6 Å². The smallest absolute Gasteiger partial charge is 0.164 e. The highest BCUT2D eigenvalue weighted by Gasteiger charge is 2.21. The summed E-state index contributed by atoms with van der Waals surface area (Å²) in [5.74, 6) is -0.938. The molecule has 0 aliphatic carbocycles. The molecule has 3 nitrogen and oxygen atoms in total. The van der Waals surface area contributed by atoms with E-state index in [1.807, 2.05) is 6.07 Å². The summed E-state index contributed by atoms with van der Waals surface area (Å²) in [6.07, 6.45) is 0.926. The van der Waals surface area contributed by atoms with E-state index in [0.717, 1.165) is 44.7 Å². The number of benzene rings is 2. The Bertz CT molecular complexity index is 746. The number of Topliss-reactive ketones (excluding diaryl/α,β-unsaturated/α-hetero) is 1. The summed E-state index contributed by atoms with van der Waals surface area (Å²) in [6, 6.07) is 11.4. The number of halogens is 2. The molecule has 3 rings (SSSR count). The predicted molar refractivity (Wildman–Crippen MR) is 94.9 cm³/mol. The molecule has 0 spiro atoms. The van der Waals surface area contributed by atoms with E-state index < -0.39 is 5.82 Å². The molecule has 0 radical (unpaired) electrons. The largest absolute Gasteiger partial charge is 0.370 e. The van der Waals surface area contributed by atoms with Crippen LogP contribution in [0.25, 0.3) is 0 Å². The highest BCUT2D eigenvalue weighted by molar-refractivity contribution is 6.00. The summed E-state index contributed by atoms with van der Waals surface area (Å²) >= 11 is 0. The number of hydrogen-bond acceptors (Lipinski definition) is 3.